The van der Waals surface area contributed by atoms with Crippen molar-refractivity contribution in [2.24, 2.45) is 0 Å². The van der Waals surface area contributed by atoms with Crippen molar-refractivity contribution in [2.45, 2.75) is 18.2 Å². The molecule has 0 aliphatic carbocycles. The fraction of sp³-hybridized carbons (Fsp3) is 0.222. The highest BCUT2D eigenvalue weighted by molar-refractivity contribution is 7.89. The molecule has 1 aliphatic heterocycles. The Hall–Kier alpha value is -1.98. The van der Waals surface area contributed by atoms with E-state index in [4.69, 9.17) is 0 Å². The fourth-order valence-electron chi connectivity index (χ4n) is 2.67. The molecule has 5 heteroatoms. The van der Waals surface area contributed by atoms with E-state index < -0.39 is 15.8 Å². The lowest BCUT2D eigenvalue weighted by atomic mass is 10.0. The molecular weight excluding hydrogens is 313 g/mol. The molecule has 0 saturated heterocycles. The minimum Gasteiger partial charge on any atom is -0.207 e. The molecule has 3 rings (SSSR count). The maximum Gasteiger partial charge on any atom is 0.243 e. The number of nitrogens with zero attached hydrogens (tertiary/aromatic N) is 1. The molecule has 0 atom stereocenters. The van der Waals surface area contributed by atoms with Crippen LogP contribution in [-0.4, -0.2) is 25.8 Å². The van der Waals surface area contributed by atoms with Gasteiger partial charge in [0, 0.05) is 13.1 Å². The first kappa shape index (κ1) is 15.9. The Labute approximate surface area is 136 Å². The van der Waals surface area contributed by atoms with Crippen molar-refractivity contribution >= 4 is 15.6 Å². The zero-order valence-corrected chi connectivity index (χ0v) is 13.7. The maximum atomic E-state index is 13.7. The van der Waals surface area contributed by atoms with Gasteiger partial charge in [-0.15, -0.1) is 0 Å². The van der Waals surface area contributed by atoms with Crippen LogP contribution in [0.3, 0.4) is 0 Å². The number of benzene rings is 2. The number of aryl methyl sites for hydroxylation is 1. The molecule has 0 unspecified atom stereocenters. The monoisotopic (exact) mass is 331 g/mol. The minimum absolute atomic E-state index is 0.0113. The zero-order chi connectivity index (χ0) is 16.4. The summed E-state index contributed by atoms with van der Waals surface area (Å²) in [5.74, 6) is -0.497. The Kier molecular flexibility index (Phi) is 4.33. The van der Waals surface area contributed by atoms with Crippen LogP contribution >= 0.6 is 0 Å². The third-order valence-electron chi connectivity index (χ3n) is 4.10. The second-order valence-electron chi connectivity index (χ2n) is 5.62. The SMILES string of the molecule is Cc1ccc(S(=O)(=O)N2CC=C(c3ccccc3)CC2)cc1F. The van der Waals surface area contributed by atoms with E-state index in [0.29, 0.717) is 25.1 Å². The van der Waals surface area contributed by atoms with Crippen molar-refractivity contribution in [2.75, 3.05) is 13.1 Å². The van der Waals surface area contributed by atoms with Gasteiger partial charge in [0.2, 0.25) is 10.0 Å². The van der Waals surface area contributed by atoms with E-state index in [1.165, 1.54) is 16.4 Å². The van der Waals surface area contributed by atoms with Gasteiger partial charge in [-0.3, -0.25) is 0 Å². The number of hydrogen-bond acceptors (Lipinski definition) is 2. The smallest absolute Gasteiger partial charge is 0.207 e. The van der Waals surface area contributed by atoms with Gasteiger partial charge < -0.3 is 0 Å². The average Bonchev–Trinajstić information content (AvgIpc) is 2.58. The zero-order valence-electron chi connectivity index (χ0n) is 12.9. The fourth-order valence-corrected chi connectivity index (χ4v) is 4.06. The highest BCUT2D eigenvalue weighted by Gasteiger charge is 2.26. The highest BCUT2D eigenvalue weighted by atomic mass is 32.2. The van der Waals surface area contributed by atoms with E-state index >= 15 is 0 Å². The normalized spacial score (nSPS) is 16.2. The van der Waals surface area contributed by atoms with Gasteiger partial charge in [-0.25, -0.2) is 12.8 Å². The standard InChI is InChI=1S/C18H18FNO2S/c1-14-7-8-17(13-18(14)19)23(21,22)20-11-9-16(10-12-20)15-5-3-2-4-6-15/h2-9,13H,10-12H2,1H3. The summed E-state index contributed by atoms with van der Waals surface area (Å²) in [4.78, 5) is 0.0113. The summed E-state index contributed by atoms with van der Waals surface area (Å²) in [5, 5.41) is 0. The summed E-state index contributed by atoms with van der Waals surface area (Å²) >= 11 is 0. The molecule has 2 aromatic rings. The van der Waals surface area contributed by atoms with E-state index in [2.05, 4.69) is 0 Å². The van der Waals surface area contributed by atoms with Crippen LogP contribution in [0.25, 0.3) is 5.57 Å². The summed E-state index contributed by atoms with van der Waals surface area (Å²) < 4.78 is 40.3. The molecular formula is C18H18FNO2S. The third kappa shape index (κ3) is 3.21. The Bertz CT molecular complexity index is 845. The van der Waals surface area contributed by atoms with E-state index in [1.807, 2.05) is 36.4 Å². The largest absolute Gasteiger partial charge is 0.243 e. The van der Waals surface area contributed by atoms with Crippen LogP contribution in [-0.2, 0) is 10.0 Å². The topological polar surface area (TPSA) is 37.4 Å². The van der Waals surface area contributed by atoms with Crippen molar-refractivity contribution in [1.82, 2.24) is 4.31 Å². The van der Waals surface area contributed by atoms with Gasteiger partial charge in [0.05, 0.1) is 4.90 Å². The summed E-state index contributed by atoms with van der Waals surface area (Å²) in [5.41, 5.74) is 2.70. The van der Waals surface area contributed by atoms with Gasteiger partial charge in [0.25, 0.3) is 0 Å². The summed E-state index contributed by atoms with van der Waals surface area (Å²) in [6.07, 6.45) is 2.58. The first-order chi connectivity index (χ1) is 11.0. The van der Waals surface area contributed by atoms with Crippen LogP contribution in [0.1, 0.15) is 17.5 Å². The Morgan fingerprint density at radius 2 is 1.83 bits per heavy atom. The molecule has 1 heterocycles. The van der Waals surface area contributed by atoms with Gasteiger partial charge in [-0.05, 0) is 42.2 Å². The first-order valence-electron chi connectivity index (χ1n) is 7.49. The van der Waals surface area contributed by atoms with Crippen molar-refractivity contribution in [1.29, 1.82) is 0 Å². The molecule has 23 heavy (non-hydrogen) atoms. The minimum atomic E-state index is -3.66. The molecule has 1 aliphatic rings. The van der Waals surface area contributed by atoms with Crippen LogP contribution < -0.4 is 0 Å². The highest BCUT2D eigenvalue weighted by Crippen LogP contribution is 2.26. The van der Waals surface area contributed by atoms with Crippen molar-refractivity contribution < 1.29 is 12.8 Å². The molecule has 0 amide bonds. The molecule has 0 radical (unpaired) electrons. The van der Waals surface area contributed by atoms with Crippen molar-refractivity contribution in [3.05, 3.63) is 71.6 Å². The Morgan fingerprint density at radius 3 is 2.43 bits per heavy atom. The predicted octanol–water partition coefficient (Wildman–Crippen LogP) is 3.61. The average molecular weight is 331 g/mol. The Morgan fingerprint density at radius 1 is 1.09 bits per heavy atom. The molecule has 0 spiro atoms. The number of sulfonamides is 1. The van der Waals surface area contributed by atoms with Crippen LogP contribution in [0, 0.1) is 12.7 Å². The predicted molar refractivity (Wildman–Crippen MR) is 88.9 cm³/mol. The van der Waals surface area contributed by atoms with E-state index in [9.17, 15) is 12.8 Å². The summed E-state index contributed by atoms with van der Waals surface area (Å²) in [6.45, 7) is 2.32. The van der Waals surface area contributed by atoms with Crippen molar-refractivity contribution in [3.8, 4) is 0 Å². The van der Waals surface area contributed by atoms with Gasteiger partial charge in [0.15, 0.2) is 0 Å². The van der Waals surface area contributed by atoms with Gasteiger partial charge in [-0.2, -0.15) is 4.31 Å². The second kappa shape index (κ2) is 6.26. The molecule has 0 aromatic heterocycles. The van der Waals surface area contributed by atoms with E-state index in [1.54, 1.807) is 6.92 Å². The van der Waals surface area contributed by atoms with Crippen LogP contribution in [0.2, 0.25) is 0 Å². The lowest BCUT2D eigenvalue weighted by Gasteiger charge is -2.26. The van der Waals surface area contributed by atoms with Gasteiger partial charge >= 0.3 is 0 Å². The molecule has 0 saturated carbocycles. The molecule has 120 valence electrons. The number of halogens is 1. The quantitative estimate of drug-likeness (QED) is 0.861. The van der Waals surface area contributed by atoms with Crippen LogP contribution in [0.4, 0.5) is 4.39 Å². The van der Waals surface area contributed by atoms with Crippen LogP contribution in [0.15, 0.2) is 59.5 Å². The molecule has 0 bridgehead atoms. The number of rotatable bonds is 3. The summed E-state index contributed by atoms with van der Waals surface area (Å²) in [6, 6.07) is 14.0. The number of hydrogen-bond donors (Lipinski definition) is 0. The lowest BCUT2D eigenvalue weighted by Crippen LogP contribution is -2.34. The first-order valence-corrected chi connectivity index (χ1v) is 8.93. The van der Waals surface area contributed by atoms with E-state index in [-0.39, 0.29) is 4.90 Å². The Balaban J connectivity index is 1.83. The lowest BCUT2D eigenvalue weighted by molar-refractivity contribution is 0.440. The van der Waals surface area contributed by atoms with Crippen molar-refractivity contribution in [3.63, 3.8) is 0 Å². The van der Waals surface area contributed by atoms with E-state index in [0.717, 1.165) is 17.2 Å². The maximum absolute atomic E-state index is 13.7. The summed E-state index contributed by atoms with van der Waals surface area (Å²) in [7, 11) is -3.66. The van der Waals surface area contributed by atoms with Gasteiger partial charge in [0.1, 0.15) is 5.82 Å². The second-order valence-corrected chi connectivity index (χ2v) is 7.56. The molecule has 0 N–H and O–H groups in total. The van der Waals surface area contributed by atoms with Crippen LogP contribution in [0.5, 0.6) is 0 Å². The third-order valence-corrected chi connectivity index (χ3v) is 5.96. The molecule has 2 aromatic carbocycles. The molecule has 3 nitrogen and oxygen atoms in total. The van der Waals surface area contributed by atoms with Gasteiger partial charge in [-0.1, -0.05) is 42.5 Å². The molecule has 0 fully saturated rings.